The highest BCUT2D eigenvalue weighted by Crippen LogP contribution is 2.33. The number of carbonyl (C=O) groups excluding carboxylic acids is 1. The van der Waals surface area contributed by atoms with Crippen LogP contribution in [0.15, 0.2) is 76.5 Å². The molecule has 0 aromatic heterocycles. The van der Waals surface area contributed by atoms with Gasteiger partial charge in [0.15, 0.2) is 9.84 Å². The highest BCUT2D eigenvalue weighted by molar-refractivity contribution is 7.93. The molecule has 1 amide bonds. The molecule has 3 rings (SSSR count). The number of nitrogens with one attached hydrogen (secondary N) is 1. The largest absolute Gasteiger partial charge is 0.497 e. The van der Waals surface area contributed by atoms with E-state index in [1.54, 1.807) is 36.4 Å². The molecule has 0 atom stereocenters. The van der Waals surface area contributed by atoms with E-state index in [4.69, 9.17) is 14.2 Å². The van der Waals surface area contributed by atoms with Crippen molar-refractivity contribution in [2.24, 2.45) is 0 Å². The Morgan fingerprint density at radius 3 is 2.00 bits per heavy atom. The predicted octanol–water partition coefficient (Wildman–Crippen LogP) is 2.95. The van der Waals surface area contributed by atoms with E-state index in [-0.39, 0.29) is 26.9 Å². The lowest BCUT2D eigenvalue weighted by atomic mass is 10.2. The summed E-state index contributed by atoms with van der Waals surface area (Å²) >= 11 is 0. The van der Waals surface area contributed by atoms with Crippen LogP contribution >= 0.6 is 0 Å². The van der Waals surface area contributed by atoms with Gasteiger partial charge in [0.25, 0.3) is 10.0 Å². The van der Waals surface area contributed by atoms with Gasteiger partial charge in [-0.3, -0.25) is 9.10 Å². The average Bonchev–Trinajstić information content (AvgIpc) is 2.86. The summed E-state index contributed by atoms with van der Waals surface area (Å²) in [5.74, 6) is 0.378. The molecule has 36 heavy (non-hydrogen) atoms. The van der Waals surface area contributed by atoms with E-state index in [9.17, 15) is 21.6 Å². The molecule has 0 saturated carbocycles. The van der Waals surface area contributed by atoms with Crippen molar-refractivity contribution in [3.63, 3.8) is 0 Å². The van der Waals surface area contributed by atoms with E-state index in [1.165, 1.54) is 51.7 Å². The van der Waals surface area contributed by atoms with Gasteiger partial charge < -0.3 is 19.5 Å². The van der Waals surface area contributed by atoms with Gasteiger partial charge in [-0.15, -0.1) is 0 Å². The second-order valence-electron chi connectivity index (χ2n) is 7.54. The molecule has 3 aromatic carbocycles. The van der Waals surface area contributed by atoms with Crippen molar-refractivity contribution in [3.8, 4) is 17.2 Å². The van der Waals surface area contributed by atoms with Crippen LogP contribution in [0.4, 0.5) is 11.4 Å². The summed E-state index contributed by atoms with van der Waals surface area (Å²) < 4.78 is 67.6. The SMILES string of the molecule is COc1ccc(OC)c(NC(=O)CN(c2ccccc2OC)S(=O)(=O)c2ccc(S(C)(=O)=O)cc2)c1. The molecule has 0 saturated heterocycles. The van der Waals surface area contributed by atoms with Crippen LogP contribution in [-0.2, 0) is 24.7 Å². The molecule has 0 spiro atoms. The van der Waals surface area contributed by atoms with Crippen molar-refractivity contribution in [1.82, 2.24) is 0 Å². The predicted molar refractivity (Wildman–Crippen MR) is 135 cm³/mol. The maximum absolute atomic E-state index is 13.7. The van der Waals surface area contributed by atoms with Gasteiger partial charge >= 0.3 is 0 Å². The number of anilines is 2. The standard InChI is InChI=1S/C24H26N2O8S2/c1-32-17-9-14-22(33-2)20(15-17)25-24(27)16-26(21-7-5-6-8-23(21)34-3)36(30,31)19-12-10-18(11-13-19)35(4,28)29/h5-15H,16H2,1-4H3,(H,25,27). The number of para-hydroxylation sites is 2. The maximum Gasteiger partial charge on any atom is 0.264 e. The van der Waals surface area contributed by atoms with E-state index >= 15 is 0 Å². The van der Waals surface area contributed by atoms with Crippen LogP contribution in [0.5, 0.6) is 17.2 Å². The fourth-order valence-electron chi connectivity index (χ4n) is 3.35. The third-order valence-electron chi connectivity index (χ3n) is 5.16. The summed E-state index contributed by atoms with van der Waals surface area (Å²) in [6.45, 7) is -0.614. The van der Waals surface area contributed by atoms with Gasteiger partial charge in [0.2, 0.25) is 5.91 Å². The number of nitrogens with zero attached hydrogens (tertiary/aromatic N) is 1. The Balaban J connectivity index is 2.03. The summed E-state index contributed by atoms with van der Waals surface area (Å²) in [4.78, 5) is 12.9. The van der Waals surface area contributed by atoms with Crippen molar-refractivity contribution in [3.05, 3.63) is 66.7 Å². The quantitative estimate of drug-likeness (QED) is 0.421. The number of methoxy groups -OCH3 is 3. The number of sulfone groups is 1. The zero-order valence-electron chi connectivity index (χ0n) is 20.1. The van der Waals surface area contributed by atoms with Crippen molar-refractivity contribution < 1.29 is 35.8 Å². The normalized spacial score (nSPS) is 11.4. The molecule has 0 unspecified atom stereocenters. The topological polar surface area (TPSA) is 128 Å². The van der Waals surface area contributed by atoms with Gasteiger partial charge in [-0.05, 0) is 48.5 Å². The molecule has 0 bridgehead atoms. The van der Waals surface area contributed by atoms with Crippen LogP contribution in [0, 0.1) is 0 Å². The number of ether oxygens (including phenoxy) is 3. The number of rotatable bonds is 10. The number of carbonyl (C=O) groups is 1. The minimum atomic E-state index is -4.32. The van der Waals surface area contributed by atoms with E-state index in [0.29, 0.717) is 11.5 Å². The first-order valence-electron chi connectivity index (χ1n) is 10.5. The Kier molecular flexibility index (Phi) is 8.10. The lowest BCUT2D eigenvalue weighted by Gasteiger charge is -2.26. The molecule has 0 aliphatic rings. The summed E-state index contributed by atoms with van der Waals surface area (Å²) in [6, 6.07) is 15.9. The third-order valence-corrected chi connectivity index (χ3v) is 8.06. The van der Waals surface area contributed by atoms with Gasteiger partial charge in [-0.2, -0.15) is 0 Å². The molecule has 0 aliphatic heterocycles. The Bertz CT molecular complexity index is 1450. The van der Waals surface area contributed by atoms with Crippen LogP contribution in [0.25, 0.3) is 0 Å². The molecule has 192 valence electrons. The lowest BCUT2D eigenvalue weighted by molar-refractivity contribution is -0.114. The molecule has 0 fully saturated rings. The van der Waals surface area contributed by atoms with Crippen molar-refractivity contribution in [1.29, 1.82) is 0 Å². The maximum atomic E-state index is 13.7. The minimum Gasteiger partial charge on any atom is -0.497 e. The van der Waals surface area contributed by atoms with Gasteiger partial charge in [0.05, 0.1) is 42.5 Å². The van der Waals surface area contributed by atoms with E-state index in [0.717, 1.165) is 10.6 Å². The minimum absolute atomic E-state index is 0.0341. The molecule has 12 heteroatoms. The van der Waals surface area contributed by atoms with Gasteiger partial charge in [-0.25, -0.2) is 16.8 Å². The van der Waals surface area contributed by atoms with E-state index in [1.807, 2.05) is 0 Å². The van der Waals surface area contributed by atoms with Gasteiger partial charge in [0, 0.05) is 12.3 Å². The Morgan fingerprint density at radius 2 is 1.42 bits per heavy atom. The first-order valence-corrected chi connectivity index (χ1v) is 13.8. The molecule has 1 N–H and O–H groups in total. The average molecular weight is 535 g/mol. The zero-order valence-corrected chi connectivity index (χ0v) is 21.7. The molecule has 3 aromatic rings. The highest BCUT2D eigenvalue weighted by atomic mass is 32.2. The van der Waals surface area contributed by atoms with Crippen molar-refractivity contribution >= 4 is 37.1 Å². The Labute approximate surface area is 210 Å². The second-order valence-corrected chi connectivity index (χ2v) is 11.4. The molecule has 0 aliphatic carbocycles. The van der Waals surface area contributed by atoms with E-state index in [2.05, 4.69) is 5.32 Å². The number of benzene rings is 3. The summed E-state index contributed by atoms with van der Waals surface area (Å²) in [5.41, 5.74) is 0.414. The second kappa shape index (κ2) is 10.9. The number of hydrogen-bond acceptors (Lipinski definition) is 8. The molecule has 10 nitrogen and oxygen atoms in total. The van der Waals surface area contributed by atoms with Crippen LogP contribution < -0.4 is 23.8 Å². The molecule has 0 heterocycles. The van der Waals surface area contributed by atoms with Crippen LogP contribution in [-0.4, -0.2) is 56.9 Å². The zero-order chi connectivity index (χ0) is 26.5. The lowest BCUT2D eigenvalue weighted by Crippen LogP contribution is -2.38. The highest BCUT2D eigenvalue weighted by Gasteiger charge is 2.30. The molecular weight excluding hydrogens is 508 g/mol. The number of hydrogen-bond donors (Lipinski definition) is 1. The van der Waals surface area contributed by atoms with Crippen LogP contribution in [0.1, 0.15) is 0 Å². The number of amides is 1. The Hall–Kier alpha value is -3.77. The van der Waals surface area contributed by atoms with Crippen LogP contribution in [0.2, 0.25) is 0 Å². The van der Waals surface area contributed by atoms with Gasteiger partial charge in [-0.1, -0.05) is 12.1 Å². The summed E-state index contributed by atoms with van der Waals surface area (Å²) in [5, 5.41) is 2.66. The molecular formula is C24H26N2O8S2. The fraction of sp³-hybridized carbons (Fsp3) is 0.208. The van der Waals surface area contributed by atoms with Crippen LogP contribution in [0.3, 0.4) is 0 Å². The first kappa shape index (κ1) is 26.8. The van der Waals surface area contributed by atoms with Gasteiger partial charge in [0.1, 0.15) is 23.8 Å². The van der Waals surface area contributed by atoms with E-state index < -0.39 is 32.3 Å². The number of sulfonamides is 1. The monoisotopic (exact) mass is 534 g/mol. The molecule has 0 radical (unpaired) electrons. The third kappa shape index (κ3) is 5.89. The fourth-order valence-corrected chi connectivity index (χ4v) is 5.42. The van der Waals surface area contributed by atoms with Crippen molar-refractivity contribution in [2.45, 2.75) is 9.79 Å². The smallest absolute Gasteiger partial charge is 0.264 e. The van der Waals surface area contributed by atoms with Crippen molar-refractivity contribution in [2.75, 3.05) is 43.8 Å². The Morgan fingerprint density at radius 1 is 0.806 bits per heavy atom. The first-order chi connectivity index (χ1) is 17.0. The summed E-state index contributed by atoms with van der Waals surface area (Å²) in [7, 11) is -3.57. The summed E-state index contributed by atoms with van der Waals surface area (Å²) in [6.07, 6.45) is 1.02.